The van der Waals surface area contributed by atoms with Gasteiger partial charge in [-0.05, 0) is 17.7 Å². The molecule has 8 N–H and O–H groups in total. The lowest BCUT2D eigenvalue weighted by Crippen LogP contribution is -2.60. The van der Waals surface area contributed by atoms with Crippen LogP contribution in [0.25, 0.3) is 0 Å². The van der Waals surface area contributed by atoms with E-state index in [9.17, 15) is 45.6 Å². The van der Waals surface area contributed by atoms with E-state index in [1.807, 2.05) is 0 Å². The standard InChI is InChI=1S/C26H30O14/c27-9-26(35)10-37-25(23(26)34)36-8-18-20(31)21(32)22(33)24(40-18)38-13-5-14(29)19-15(30)7-16(39-17(19)6-13)11-1-3-12(28)4-2-11/h1-6,16,18,20-25,27-29,31-35H,7-10H2/t16-,18-,20-,21-,22-,23+,24-,25+,26-/m0/s1. The number of aromatic hydroxyl groups is 2. The summed E-state index contributed by atoms with van der Waals surface area (Å²) in [5.41, 5.74) is -1.38. The number of benzene rings is 2. The minimum atomic E-state index is -1.93. The van der Waals surface area contributed by atoms with Crippen LogP contribution >= 0.6 is 0 Å². The van der Waals surface area contributed by atoms with Gasteiger partial charge in [0, 0.05) is 12.1 Å². The van der Waals surface area contributed by atoms with Crippen molar-refractivity contribution in [2.75, 3.05) is 19.8 Å². The smallest absolute Gasteiger partial charge is 0.229 e. The second-order valence-corrected chi connectivity index (χ2v) is 9.99. The lowest BCUT2D eigenvalue weighted by molar-refractivity contribution is -0.289. The summed E-state index contributed by atoms with van der Waals surface area (Å²) in [6.07, 6.45) is -11.8. The van der Waals surface area contributed by atoms with Crippen molar-refractivity contribution in [3.8, 4) is 23.0 Å². The van der Waals surface area contributed by atoms with Gasteiger partial charge in [-0.1, -0.05) is 12.1 Å². The predicted molar refractivity (Wildman–Crippen MR) is 130 cm³/mol. The van der Waals surface area contributed by atoms with Crippen LogP contribution in [0.4, 0.5) is 0 Å². The molecule has 2 aromatic carbocycles. The molecular weight excluding hydrogens is 536 g/mol. The van der Waals surface area contributed by atoms with E-state index >= 15 is 0 Å². The molecule has 0 aliphatic carbocycles. The number of aliphatic hydroxyl groups is 6. The molecule has 2 saturated heterocycles. The number of aliphatic hydroxyl groups excluding tert-OH is 5. The number of carbonyl (C=O) groups is 1. The highest BCUT2D eigenvalue weighted by Crippen LogP contribution is 2.42. The molecule has 14 nitrogen and oxygen atoms in total. The van der Waals surface area contributed by atoms with Crippen molar-refractivity contribution in [3.63, 3.8) is 0 Å². The number of phenolic OH excluding ortho intramolecular Hbond substituents is 2. The van der Waals surface area contributed by atoms with Gasteiger partial charge in [0.25, 0.3) is 0 Å². The highest BCUT2D eigenvalue weighted by molar-refractivity contribution is 6.02. The number of fused-ring (bicyclic) bond motifs is 1. The van der Waals surface area contributed by atoms with Crippen LogP contribution in [0.1, 0.15) is 28.4 Å². The molecule has 5 rings (SSSR count). The van der Waals surface area contributed by atoms with Gasteiger partial charge < -0.3 is 64.5 Å². The Morgan fingerprint density at radius 3 is 2.38 bits per heavy atom. The quantitative estimate of drug-likeness (QED) is 0.190. The van der Waals surface area contributed by atoms with Crippen molar-refractivity contribution in [1.82, 2.24) is 0 Å². The van der Waals surface area contributed by atoms with Crippen LogP contribution in [-0.2, 0) is 14.2 Å². The lowest BCUT2D eigenvalue weighted by atomic mass is 9.95. The van der Waals surface area contributed by atoms with Crippen LogP contribution < -0.4 is 9.47 Å². The summed E-state index contributed by atoms with van der Waals surface area (Å²) in [5.74, 6) is -0.891. The fourth-order valence-corrected chi connectivity index (χ4v) is 4.77. The summed E-state index contributed by atoms with van der Waals surface area (Å²) in [5, 5.41) is 80.8. The van der Waals surface area contributed by atoms with Gasteiger partial charge in [-0.25, -0.2) is 0 Å². The van der Waals surface area contributed by atoms with Gasteiger partial charge in [-0.15, -0.1) is 0 Å². The van der Waals surface area contributed by atoms with Crippen LogP contribution in [0, 0.1) is 0 Å². The molecule has 0 unspecified atom stereocenters. The summed E-state index contributed by atoms with van der Waals surface area (Å²) in [6.45, 7) is -1.66. The first kappa shape index (κ1) is 28.5. The van der Waals surface area contributed by atoms with Gasteiger partial charge in [-0.2, -0.15) is 0 Å². The number of hydrogen-bond acceptors (Lipinski definition) is 14. The molecule has 14 heteroatoms. The van der Waals surface area contributed by atoms with E-state index < -0.39 is 86.2 Å². The summed E-state index contributed by atoms with van der Waals surface area (Å²) in [7, 11) is 0. The summed E-state index contributed by atoms with van der Waals surface area (Å²) >= 11 is 0. The molecule has 0 bridgehead atoms. The number of ether oxygens (including phenoxy) is 5. The average molecular weight is 567 g/mol. The Bertz CT molecular complexity index is 1220. The predicted octanol–water partition coefficient (Wildman–Crippen LogP) is -1.55. The molecule has 0 amide bonds. The van der Waals surface area contributed by atoms with Crippen molar-refractivity contribution in [2.45, 2.75) is 61.2 Å². The normalized spacial score (nSPS) is 35.7. The largest absolute Gasteiger partial charge is 0.508 e. The topological polar surface area (TPSA) is 225 Å². The SMILES string of the molecule is O=C1C[C@@H](c2ccc(O)cc2)Oc2cc(O[C@H]3O[C@@H](CO[C@@H]4OC[C@@](O)(CO)[C@@H]4O)[C@H](O)[C@H](O)[C@@H]3O)cc(O)c21. The van der Waals surface area contributed by atoms with E-state index in [1.165, 1.54) is 18.2 Å². The molecule has 9 atom stereocenters. The van der Waals surface area contributed by atoms with E-state index in [1.54, 1.807) is 12.1 Å². The number of ketones is 1. The first-order valence-electron chi connectivity index (χ1n) is 12.5. The Hall–Kier alpha value is -3.05. The maximum absolute atomic E-state index is 12.8. The van der Waals surface area contributed by atoms with E-state index in [2.05, 4.69) is 0 Å². The van der Waals surface area contributed by atoms with Crippen molar-refractivity contribution in [3.05, 3.63) is 47.5 Å². The van der Waals surface area contributed by atoms with Crippen molar-refractivity contribution < 1.29 is 69.3 Å². The molecule has 0 aromatic heterocycles. The van der Waals surface area contributed by atoms with Crippen molar-refractivity contribution >= 4 is 5.78 Å². The second-order valence-electron chi connectivity index (χ2n) is 9.99. The number of phenols is 2. The van der Waals surface area contributed by atoms with Gasteiger partial charge in [0.15, 0.2) is 12.1 Å². The monoisotopic (exact) mass is 566 g/mol. The van der Waals surface area contributed by atoms with Crippen LogP contribution in [0.15, 0.2) is 36.4 Å². The molecule has 40 heavy (non-hydrogen) atoms. The summed E-state index contributed by atoms with van der Waals surface area (Å²) in [6, 6.07) is 8.50. The maximum atomic E-state index is 12.8. The summed E-state index contributed by atoms with van der Waals surface area (Å²) < 4.78 is 27.7. The van der Waals surface area contributed by atoms with Crippen molar-refractivity contribution in [1.29, 1.82) is 0 Å². The van der Waals surface area contributed by atoms with Gasteiger partial charge >= 0.3 is 0 Å². The molecule has 3 aliphatic rings. The zero-order valence-corrected chi connectivity index (χ0v) is 20.9. The molecule has 3 heterocycles. The number of rotatable bonds is 7. The molecule has 0 saturated carbocycles. The van der Waals surface area contributed by atoms with E-state index in [-0.39, 0.29) is 29.2 Å². The van der Waals surface area contributed by atoms with Crippen LogP contribution in [-0.4, -0.2) is 115 Å². The minimum absolute atomic E-state index is 0.00108. The zero-order chi connectivity index (χ0) is 28.8. The van der Waals surface area contributed by atoms with Gasteiger partial charge in [0.2, 0.25) is 6.29 Å². The molecule has 218 valence electrons. The van der Waals surface area contributed by atoms with Gasteiger partial charge in [-0.3, -0.25) is 4.79 Å². The van der Waals surface area contributed by atoms with E-state index in [0.717, 1.165) is 6.07 Å². The number of carbonyl (C=O) groups excluding carboxylic acids is 1. The first-order chi connectivity index (χ1) is 19.0. The third-order valence-corrected chi connectivity index (χ3v) is 7.16. The summed E-state index contributed by atoms with van der Waals surface area (Å²) in [4.78, 5) is 12.8. The zero-order valence-electron chi connectivity index (χ0n) is 20.9. The molecule has 2 aromatic rings. The molecule has 2 fully saturated rings. The second kappa shape index (κ2) is 11.1. The Balaban J connectivity index is 1.30. The Morgan fingerprint density at radius 2 is 1.70 bits per heavy atom. The van der Waals surface area contributed by atoms with Gasteiger partial charge in [0.05, 0.1) is 26.2 Å². The van der Waals surface area contributed by atoms with E-state index in [0.29, 0.717) is 5.56 Å². The fraction of sp³-hybridized carbons (Fsp3) is 0.500. The third kappa shape index (κ3) is 5.33. The Kier molecular flexibility index (Phi) is 7.89. The number of Topliss-reactive ketones (excluding diaryl/α,β-unsaturated/α-hetero) is 1. The van der Waals surface area contributed by atoms with Crippen LogP contribution in [0.3, 0.4) is 0 Å². The van der Waals surface area contributed by atoms with Crippen LogP contribution in [0.5, 0.6) is 23.0 Å². The first-order valence-corrected chi connectivity index (χ1v) is 12.5. The minimum Gasteiger partial charge on any atom is -0.508 e. The highest BCUT2D eigenvalue weighted by atomic mass is 16.7. The molecule has 3 aliphatic heterocycles. The average Bonchev–Trinajstić information content (AvgIpc) is 3.21. The molecular formula is C26H30O14. The third-order valence-electron chi connectivity index (χ3n) is 7.16. The van der Waals surface area contributed by atoms with Crippen LogP contribution in [0.2, 0.25) is 0 Å². The molecule has 0 radical (unpaired) electrons. The Morgan fingerprint density at radius 1 is 0.975 bits per heavy atom. The lowest BCUT2D eigenvalue weighted by Gasteiger charge is -2.40. The Labute approximate surface area is 227 Å². The maximum Gasteiger partial charge on any atom is 0.229 e. The fourth-order valence-electron chi connectivity index (χ4n) is 4.77. The van der Waals surface area contributed by atoms with Gasteiger partial charge in [0.1, 0.15) is 70.8 Å². The number of hydrogen-bond donors (Lipinski definition) is 8. The molecule has 0 spiro atoms. The highest BCUT2D eigenvalue weighted by Gasteiger charge is 2.50. The van der Waals surface area contributed by atoms with Crippen molar-refractivity contribution in [2.24, 2.45) is 0 Å². The van der Waals surface area contributed by atoms with E-state index in [4.69, 9.17) is 23.7 Å².